The van der Waals surface area contributed by atoms with Gasteiger partial charge < -0.3 is 15.2 Å². The Morgan fingerprint density at radius 2 is 2.11 bits per heavy atom. The van der Waals surface area contributed by atoms with Gasteiger partial charge in [-0.2, -0.15) is 0 Å². The zero-order valence-corrected chi connectivity index (χ0v) is 10.8. The molecule has 0 bridgehead atoms. The van der Waals surface area contributed by atoms with E-state index in [2.05, 4.69) is 0 Å². The molecule has 4 nitrogen and oxygen atoms in total. The van der Waals surface area contributed by atoms with Crippen molar-refractivity contribution >= 4 is 17.9 Å². The molecular weight excluding hydrogens is 254 g/mol. The van der Waals surface area contributed by atoms with Crippen LogP contribution in [0.3, 0.4) is 0 Å². The van der Waals surface area contributed by atoms with E-state index in [0.717, 1.165) is 18.4 Å². The molecule has 0 radical (unpaired) electrons. The maximum Gasteiger partial charge on any atom is 0.231 e. The van der Waals surface area contributed by atoms with E-state index < -0.39 is 0 Å². The van der Waals surface area contributed by atoms with E-state index in [4.69, 9.17) is 26.8 Å². The van der Waals surface area contributed by atoms with Crippen molar-refractivity contribution in [2.24, 2.45) is 5.73 Å². The Morgan fingerprint density at radius 1 is 1.44 bits per heavy atom. The van der Waals surface area contributed by atoms with Gasteiger partial charge in [0.25, 0.3) is 0 Å². The van der Waals surface area contributed by atoms with E-state index >= 15 is 0 Å². The summed E-state index contributed by atoms with van der Waals surface area (Å²) in [5, 5.41) is 0.399. The lowest BCUT2D eigenvalue weighted by Gasteiger charge is -2.22. The van der Waals surface area contributed by atoms with Crippen LogP contribution in [0.15, 0.2) is 6.07 Å². The van der Waals surface area contributed by atoms with Crippen LogP contribution in [0.1, 0.15) is 35.7 Å². The highest BCUT2D eigenvalue weighted by Crippen LogP contribution is 2.57. The maximum atomic E-state index is 11.1. The number of carbonyl (C=O) groups is 1. The molecule has 18 heavy (non-hydrogen) atoms. The molecule has 1 aromatic rings. The number of nitrogens with two attached hydrogens (primary N) is 1. The van der Waals surface area contributed by atoms with Crippen LogP contribution in [0.5, 0.6) is 11.5 Å². The van der Waals surface area contributed by atoms with Gasteiger partial charge in [-0.1, -0.05) is 11.6 Å². The van der Waals surface area contributed by atoms with Crippen LogP contribution >= 0.6 is 11.6 Å². The van der Waals surface area contributed by atoms with Crippen molar-refractivity contribution in [1.82, 2.24) is 0 Å². The fourth-order valence-electron chi connectivity index (χ4n) is 2.64. The van der Waals surface area contributed by atoms with Crippen LogP contribution in [0.25, 0.3) is 0 Å². The molecule has 1 aliphatic carbocycles. The third kappa shape index (κ3) is 1.45. The predicted octanol–water partition coefficient (Wildman–Crippen LogP) is 2.26. The van der Waals surface area contributed by atoms with Crippen LogP contribution in [0.4, 0.5) is 0 Å². The minimum atomic E-state index is -0.0805. The van der Waals surface area contributed by atoms with Crippen LogP contribution in [-0.4, -0.2) is 19.1 Å². The Kier molecular flexibility index (Phi) is 2.54. The number of aldehydes is 1. The summed E-state index contributed by atoms with van der Waals surface area (Å²) in [6.45, 7) is 2.11. The monoisotopic (exact) mass is 267 g/mol. The van der Waals surface area contributed by atoms with Crippen molar-refractivity contribution < 1.29 is 14.3 Å². The van der Waals surface area contributed by atoms with E-state index in [0.29, 0.717) is 28.4 Å². The molecule has 0 spiro atoms. The number of ether oxygens (including phenoxy) is 2. The van der Waals surface area contributed by atoms with Gasteiger partial charge in [0, 0.05) is 17.0 Å². The maximum absolute atomic E-state index is 11.1. The summed E-state index contributed by atoms with van der Waals surface area (Å²) < 4.78 is 10.9. The van der Waals surface area contributed by atoms with Crippen molar-refractivity contribution in [3.05, 3.63) is 22.2 Å². The lowest BCUT2D eigenvalue weighted by molar-refractivity contribution is 0.111. The molecule has 0 aromatic heterocycles. The smallest absolute Gasteiger partial charge is 0.231 e. The SMILES string of the molecule is CC(N)C1(c2cc(Cl)c(C=O)c3c2OCO3)CC1. The average Bonchev–Trinajstić information content (AvgIpc) is 3.01. The molecule has 1 atom stereocenters. The van der Waals surface area contributed by atoms with Gasteiger partial charge in [0.1, 0.15) is 0 Å². The summed E-state index contributed by atoms with van der Waals surface area (Å²) in [5.74, 6) is 1.09. The summed E-state index contributed by atoms with van der Waals surface area (Å²) in [5.41, 5.74) is 7.32. The average molecular weight is 268 g/mol. The first-order chi connectivity index (χ1) is 8.60. The Balaban J connectivity index is 2.21. The highest BCUT2D eigenvalue weighted by molar-refractivity contribution is 6.33. The molecule has 0 amide bonds. The van der Waals surface area contributed by atoms with Gasteiger partial charge in [0.2, 0.25) is 6.79 Å². The molecule has 96 valence electrons. The highest BCUT2D eigenvalue weighted by Gasteiger charge is 2.50. The van der Waals surface area contributed by atoms with E-state index in [1.54, 1.807) is 6.07 Å². The van der Waals surface area contributed by atoms with Crippen molar-refractivity contribution in [1.29, 1.82) is 0 Å². The molecule has 5 heteroatoms. The van der Waals surface area contributed by atoms with Crippen molar-refractivity contribution in [3.63, 3.8) is 0 Å². The van der Waals surface area contributed by atoms with E-state index in [1.165, 1.54) is 0 Å². The van der Waals surface area contributed by atoms with Crippen molar-refractivity contribution in [2.45, 2.75) is 31.2 Å². The van der Waals surface area contributed by atoms with Crippen LogP contribution < -0.4 is 15.2 Å². The molecule has 1 unspecified atom stereocenters. The molecule has 1 heterocycles. The van der Waals surface area contributed by atoms with Crippen LogP contribution in [0.2, 0.25) is 5.02 Å². The fourth-order valence-corrected chi connectivity index (χ4v) is 2.88. The molecule has 1 saturated carbocycles. The lowest BCUT2D eigenvalue weighted by atomic mass is 9.88. The lowest BCUT2D eigenvalue weighted by Crippen LogP contribution is -2.31. The van der Waals surface area contributed by atoms with Gasteiger partial charge in [-0.25, -0.2) is 0 Å². The molecular formula is C13H14ClNO3. The van der Waals surface area contributed by atoms with Gasteiger partial charge in [-0.15, -0.1) is 0 Å². The highest BCUT2D eigenvalue weighted by atomic mass is 35.5. The number of rotatable bonds is 3. The zero-order valence-electron chi connectivity index (χ0n) is 10.0. The molecule has 2 N–H and O–H groups in total. The molecule has 1 aliphatic heterocycles. The first-order valence-electron chi connectivity index (χ1n) is 5.93. The van der Waals surface area contributed by atoms with E-state index in [9.17, 15) is 4.79 Å². The van der Waals surface area contributed by atoms with E-state index in [-0.39, 0.29) is 18.2 Å². The normalized spacial score (nSPS) is 20.6. The number of halogens is 1. The Hall–Kier alpha value is -1.26. The van der Waals surface area contributed by atoms with Crippen LogP contribution in [0, 0.1) is 0 Å². The second kappa shape index (κ2) is 3.87. The first-order valence-corrected chi connectivity index (χ1v) is 6.31. The molecule has 2 aliphatic rings. The summed E-state index contributed by atoms with van der Waals surface area (Å²) in [6.07, 6.45) is 2.72. The Bertz CT molecular complexity index is 523. The molecule has 1 aromatic carbocycles. The molecule has 0 saturated heterocycles. The third-order valence-corrected chi connectivity index (χ3v) is 4.26. The summed E-state index contributed by atoms with van der Waals surface area (Å²) in [6, 6.07) is 1.82. The van der Waals surface area contributed by atoms with Crippen molar-refractivity contribution in [3.8, 4) is 11.5 Å². The predicted molar refractivity (Wildman–Crippen MR) is 67.5 cm³/mol. The summed E-state index contributed by atoms with van der Waals surface area (Å²) in [4.78, 5) is 11.1. The minimum absolute atomic E-state index is 0.0175. The summed E-state index contributed by atoms with van der Waals surface area (Å²) >= 11 is 6.14. The quantitative estimate of drug-likeness (QED) is 0.854. The Labute approximate surface area is 110 Å². The zero-order chi connectivity index (χ0) is 12.9. The van der Waals surface area contributed by atoms with Gasteiger partial charge in [0.15, 0.2) is 17.8 Å². The second-order valence-electron chi connectivity index (χ2n) is 4.95. The van der Waals surface area contributed by atoms with Gasteiger partial charge in [0.05, 0.1) is 10.6 Å². The van der Waals surface area contributed by atoms with Crippen LogP contribution in [-0.2, 0) is 5.41 Å². The Morgan fingerprint density at radius 3 is 2.67 bits per heavy atom. The number of hydrogen-bond donors (Lipinski definition) is 1. The van der Waals surface area contributed by atoms with Gasteiger partial charge in [-0.3, -0.25) is 4.79 Å². The number of hydrogen-bond acceptors (Lipinski definition) is 4. The summed E-state index contributed by atoms with van der Waals surface area (Å²) in [7, 11) is 0. The fraction of sp³-hybridized carbons (Fsp3) is 0.462. The first kappa shape index (κ1) is 11.8. The van der Waals surface area contributed by atoms with Crippen molar-refractivity contribution in [2.75, 3.05) is 6.79 Å². The topological polar surface area (TPSA) is 61.6 Å². The molecule has 3 rings (SSSR count). The second-order valence-corrected chi connectivity index (χ2v) is 5.35. The number of fused-ring (bicyclic) bond motifs is 1. The third-order valence-electron chi connectivity index (χ3n) is 3.94. The minimum Gasteiger partial charge on any atom is -0.453 e. The van der Waals surface area contributed by atoms with E-state index in [1.807, 2.05) is 6.92 Å². The largest absolute Gasteiger partial charge is 0.453 e. The number of carbonyl (C=O) groups excluding carboxylic acids is 1. The number of benzene rings is 1. The molecule has 1 fully saturated rings. The van der Waals surface area contributed by atoms with Gasteiger partial charge in [-0.05, 0) is 25.8 Å². The van der Waals surface area contributed by atoms with Gasteiger partial charge >= 0.3 is 0 Å². The standard InChI is InChI=1S/C13H14ClNO3/c1-7(15)13(2-3-13)9-4-10(14)8(5-16)11-12(9)18-6-17-11/h4-5,7H,2-3,6,15H2,1H3.